The van der Waals surface area contributed by atoms with Crippen molar-refractivity contribution in [1.29, 1.82) is 0 Å². The summed E-state index contributed by atoms with van der Waals surface area (Å²) in [5, 5.41) is 2.91. The Morgan fingerprint density at radius 3 is 2.19 bits per heavy atom. The van der Waals surface area contributed by atoms with Gasteiger partial charge >= 0.3 is 0 Å². The Balaban J connectivity index is 2.02. The average molecular weight is 612 g/mol. The lowest BCUT2D eigenvalue weighted by Gasteiger charge is -2.32. The first-order valence-corrected chi connectivity index (χ1v) is 16.7. The molecule has 0 bridgehead atoms. The molecule has 0 aromatic heterocycles. The number of hydrogen-bond donors (Lipinski definition) is 1. The molecule has 0 aliphatic rings. The van der Waals surface area contributed by atoms with E-state index in [1.807, 2.05) is 57.4 Å². The van der Waals surface area contributed by atoms with Crippen molar-refractivity contribution < 1.29 is 22.7 Å². The number of anilines is 1. The van der Waals surface area contributed by atoms with Crippen LogP contribution in [0.2, 0.25) is 0 Å². The zero-order valence-corrected chi connectivity index (χ0v) is 26.6. The molecule has 3 rings (SSSR count). The summed E-state index contributed by atoms with van der Waals surface area (Å²) >= 11 is 1.50. The summed E-state index contributed by atoms with van der Waals surface area (Å²) in [6.07, 6.45) is 2.42. The fourth-order valence-electron chi connectivity index (χ4n) is 4.35. The molecular weight excluding hydrogens is 571 g/mol. The predicted molar refractivity (Wildman–Crippen MR) is 170 cm³/mol. The number of rotatable bonds is 15. The first-order chi connectivity index (χ1) is 20.1. The van der Waals surface area contributed by atoms with Crippen molar-refractivity contribution in [2.24, 2.45) is 5.92 Å². The summed E-state index contributed by atoms with van der Waals surface area (Å²) in [5.41, 5.74) is 1.26. The van der Waals surface area contributed by atoms with E-state index in [9.17, 15) is 18.0 Å². The van der Waals surface area contributed by atoms with E-state index >= 15 is 0 Å². The lowest BCUT2D eigenvalue weighted by atomic mass is 10.1. The maximum absolute atomic E-state index is 14.1. The van der Waals surface area contributed by atoms with Crippen molar-refractivity contribution in [2.45, 2.75) is 49.9 Å². The molecule has 42 heavy (non-hydrogen) atoms. The minimum absolute atomic E-state index is 0.0537. The van der Waals surface area contributed by atoms with Crippen LogP contribution < -0.4 is 14.4 Å². The van der Waals surface area contributed by atoms with Gasteiger partial charge in [-0.15, -0.1) is 11.8 Å². The third kappa shape index (κ3) is 8.75. The van der Waals surface area contributed by atoms with Gasteiger partial charge in [0.15, 0.2) is 0 Å². The topological polar surface area (TPSA) is 96.0 Å². The molecule has 0 fully saturated rings. The largest absolute Gasteiger partial charge is 0.492 e. The van der Waals surface area contributed by atoms with E-state index in [1.165, 1.54) is 28.8 Å². The van der Waals surface area contributed by atoms with Crippen LogP contribution in [0.5, 0.6) is 5.75 Å². The highest BCUT2D eigenvalue weighted by molar-refractivity contribution is 7.98. The Labute approximate surface area is 254 Å². The standard InChI is InChI=1S/C32H41N3O5S2/c1-6-40-30-15-11-10-14-29(30)35(42(38,39)28-18-16-27(41-5)17-19-28)23-31(36)34(21-20-26-12-8-7-9-13-26)25(4)32(37)33-22-24(2)3/h7-19,24-25H,6,20-23H2,1-5H3,(H,33,37). The third-order valence-corrected chi connectivity index (χ3v) is 9.21. The van der Waals surface area contributed by atoms with Gasteiger partial charge in [0.1, 0.15) is 18.3 Å². The highest BCUT2D eigenvalue weighted by Gasteiger charge is 2.33. The second-order valence-electron chi connectivity index (χ2n) is 10.2. The first kappa shape index (κ1) is 33.0. The summed E-state index contributed by atoms with van der Waals surface area (Å²) in [7, 11) is -4.19. The van der Waals surface area contributed by atoms with E-state index in [1.54, 1.807) is 43.3 Å². The number of sulfonamides is 1. The minimum Gasteiger partial charge on any atom is -0.492 e. The second-order valence-corrected chi connectivity index (χ2v) is 13.0. The first-order valence-electron chi connectivity index (χ1n) is 14.1. The number of benzene rings is 3. The number of carbonyl (C=O) groups excluding carboxylic acids is 2. The number of ether oxygens (including phenoxy) is 1. The lowest BCUT2D eigenvalue weighted by molar-refractivity contribution is -0.138. The number of thioether (sulfide) groups is 1. The van der Waals surface area contributed by atoms with Gasteiger partial charge in [0, 0.05) is 18.0 Å². The van der Waals surface area contributed by atoms with Crippen molar-refractivity contribution in [3.05, 3.63) is 84.4 Å². The molecule has 0 spiro atoms. The SMILES string of the molecule is CCOc1ccccc1N(CC(=O)N(CCc1ccccc1)C(C)C(=O)NCC(C)C)S(=O)(=O)c1ccc(SC)cc1. The Morgan fingerprint density at radius 2 is 1.57 bits per heavy atom. The van der Waals surface area contributed by atoms with Crippen molar-refractivity contribution >= 4 is 39.3 Å². The van der Waals surface area contributed by atoms with Crippen LogP contribution in [-0.4, -0.2) is 63.7 Å². The molecule has 0 saturated heterocycles. The quantitative estimate of drug-likeness (QED) is 0.236. The van der Waals surface area contributed by atoms with Crippen LogP contribution in [0.4, 0.5) is 5.69 Å². The van der Waals surface area contributed by atoms with Gasteiger partial charge in [-0.05, 0) is 74.4 Å². The highest BCUT2D eigenvalue weighted by atomic mass is 32.2. The summed E-state index contributed by atoms with van der Waals surface area (Å²) in [4.78, 5) is 29.6. The molecule has 8 nitrogen and oxygen atoms in total. The minimum atomic E-state index is -4.19. The van der Waals surface area contributed by atoms with Crippen LogP contribution in [0.25, 0.3) is 0 Å². The van der Waals surface area contributed by atoms with Gasteiger partial charge < -0.3 is 15.0 Å². The van der Waals surface area contributed by atoms with Crippen LogP contribution in [0, 0.1) is 5.92 Å². The number of amides is 2. The predicted octanol–water partition coefficient (Wildman–Crippen LogP) is 5.23. The molecule has 226 valence electrons. The molecule has 3 aromatic rings. The third-order valence-electron chi connectivity index (χ3n) is 6.70. The van der Waals surface area contributed by atoms with E-state index in [4.69, 9.17) is 4.74 Å². The van der Waals surface area contributed by atoms with Crippen LogP contribution in [0.15, 0.2) is 88.7 Å². The van der Waals surface area contributed by atoms with Crippen LogP contribution in [0.1, 0.15) is 33.3 Å². The normalized spacial score (nSPS) is 12.0. The molecule has 0 heterocycles. The molecule has 1 atom stereocenters. The van der Waals surface area contributed by atoms with Gasteiger partial charge in [-0.3, -0.25) is 13.9 Å². The molecule has 0 radical (unpaired) electrons. The zero-order chi connectivity index (χ0) is 30.7. The van der Waals surface area contributed by atoms with Gasteiger partial charge in [0.2, 0.25) is 11.8 Å². The van der Waals surface area contributed by atoms with Crippen LogP contribution >= 0.6 is 11.8 Å². The van der Waals surface area contributed by atoms with Gasteiger partial charge in [0.05, 0.1) is 17.2 Å². The number of hydrogen-bond acceptors (Lipinski definition) is 6. The second kappa shape index (κ2) is 15.7. The molecule has 0 saturated carbocycles. The Bertz CT molecular complexity index is 1410. The van der Waals surface area contributed by atoms with Gasteiger partial charge in [0.25, 0.3) is 10.0 Å². The number of nitrogens with zero attached hydrogens (tertiary/aromatic N) is 2. The molecule has 1 unspecified atom stereocenters. The number of para-hydroxylation sites is 2. The lowest BCUT2D eigenvalue weighted by Crippen LogP contribution is -2.52. The zero-order valence-electron chi connectivity index (χ0n) is 24.9. The number of nitrogens with one attached hydrogen (secondary N) is 1. The van der Waals surface area contributed by atoms with Crippen LogP contribution in [-0.2, 0) is 26.0 Å². The van der Waals surface area contributed by atoms with E-state index in [0.29, 0.717) is 25.3 Å². The molecule has 1 N–H and O–H groups in total. The maximum atomic E-state index is 14.1. The Hall–Kier alpha value is -3.50. The Morgan fingerprint density at radius 1 is 0.929 bits per heavy atom. The molecule has 2 amide bonds. The van der Waals surface area contributed by atoms with Crippen molar-refractivity contribution in [3.63, 3.8) is 0 Å². The molecular formula is C32H41N3O5S2. The van der Waals surface area contributed by atoms with E-state index in [-0.39, 0.29) is 29.0 Å². The summed E-state index contributed by atoms with van der Waals surface area (Å²) < 4.78 is 35.1. The number of carbonyl (C=O) groups is 2. The van der Waals surface area contributed by atoms with Crippen LogP contribution in [0.3, 0.4) is 0 Å². The van der Waals surface area contributed by atoms with Crippen molar-refractivity contribution in [2.75, 3.05) is 36.8 Å². The summed E-state index contributed by atoms with van der Waals surface area (Å²) in [5.74, 6) is -0.200. The molecule has 0 aliphatic heterocycles. The fraction of sp³-hybridized carbons (Fsp3) is 0.375. The summed E-state index contributed by atoms with van der Waals surface area (Å²) in [6.45, 7) is 7.99. The maximum Gasteiger partial charge on any atom is 0.264 e. The van der Waals surface area contributed by atoms with Gasteiger partial charge in [-0.25, -0.2) is 8.42 Å². The van der Waals surface area contributed by atoms with E-state index < -0.39 is 28.5 Å². The molecule has 10 heteroatoms. The van der Waals surface area contributed by atoms with Crippen molar-refractivity contribution in [3.8, 4) is 5.75 Å². The monoisotopic (exact) mass is 611 g/mol. The van der Waals surface area contributed by atoms with Gasteiger partial charge in [-0.2, -0.15) is 0 Å². The van der Waals surface area contributed by atoms with Crippen molar-refractivity contribution in [1.82, 2.24) is 10.2 Å². The Kier molecular flexibility index (Phi) is 12.3. The molecule has 0 aliphatic carbocycles. The average Bonchev–Trinajstić information content (AvgIpc) is 2.99. The molecule has 3 aromatic carbocycles. The smallest absolute Gasteiger partial charge is 0.264 e. The van der Waals surface area contributed by atoms with Gasteiger partial charge in [-0.1, -0.05) is 56.3 Å². The highest BCUT2D eigenvalue weighted by Crippen LogP contribution is 2.33. The van der Waals surface area contributed by atoms with E-state index in [0.717, 1.165) is 14.8 Å². The van der Waals surface area contributed by atoms with E-state index in [2.05, 4.69) is 5.32 Å². The summed E-state index contributed by atoms with van der Waals surface area (Å²) in [6, 6.07) is 22.2. The fourth-order valence-corrected chi connectivity index (χ4v) is 6.18.